The molecule has 1 aliphatic rings. The number of carbonyl (C=O) groups excluding carboxylic acids is 1. The lowest BCUT2D eigenvalue weighted by atomic mass is 9.98. The molecule has 0 saturated carbocycles. The van der Waals surface area contributed by atoms with E-state index in [1.807, 2.05) is 6.07 Å². The summed E-state index contributed by atoms with van der Waals surface area (Å²) < 4.78 is 23.2. The van der Waals surface area contributed by atoms with Crippen LogP contribution in [-0.4, -0.2) is 36.4 Å². The van der Waals surface area contributed by atoms with E-state index in [0.29, 0.717) is 24.1 Å². The normalized spacial score (nSPS) is 22.1. The van der Waals surface area contributed by atoms with Gasteiger partial charge < -0.3 is 10.3 Å². The van der Waals surface area contributed by atoms with Crippen molar-refractivity contribution in [2.24, 2.45) is 0 Å². The van der Waals surface area contributed by atoms with E-state index in [9.17, 15) is 18.0 Å². The lowest BCUT2D eigenvalue weighted by Gasteiger charge is -2.24. The van der Waals surface area contributed by atoms with Gasteiger partial charge in [0.2, 0.25) is 5.91 Å². The van der Waals surface area contributed by atoms with Crippen LogP contribution in [0.15, 0.2) is 4.79 Å². The Balaban J connectivity index is 2.08. The van der Waals surface area contributed by atoms with E-state index in [4.69, 9.17) is 5.26 Å². The molecule has 0 bridgehead atoms. The second-order valence-electron chi connectivity index (χ2n) is 6.62. The van der Waals surface area contributed by atoms with Crippen LogP contribution < -0.4 is 10.9 Å². The lowest BCUT2D eigenvalue weighted by molar-refractivity contribution is -0.122. The van der Waals surface area contributed by atoms with Gasteiger partial charge in [0.1, 0.15) is 11.6 Å². The minimum absolute atomic E-state index is 0.0406. The van der Waals surface area contributed by atoms with Gasteiger partial charge in [-0.2, -0.15) is 5.26 Å². The molecule has 1 fully saturated rings. The molecule has 2 heterocycles. The zero-order chi connectivity index (χ0) is 18.1. The molecule has 0 aliphatic carbocycles. The van der Waals surface area contributed by atoms with Gasteiger partial charge in [0, 0.05) is 12.1 Å². The third kappa shape index (κ3) is 3.85. The molecule has 1 aromatic rings. The van der Waals surface area contributed by atoms with Gasteiger partial charge in [-0.15, -0.1) is 0 Å². The van der Waals surface area contributed by atoms with E-state index < -0.39 is 20.9 Å². The SMILES string of the molecule is Cc1[nH]c(=O)c(C#N)c(C)c1CCC(=O)N[C@]1(C)CCS(=O)(=O)C1. The van der Waals surface area contributed by atoms with E-state index in [-0.39, 0.29) is 29.4 Å². The van der Waals surface area contributed by atoms with Crippen molar-refractivity contribution in [2.45, 2.75) is 45.6 Å². The van der Waals surface area contributed by atoms with E-state index in [1.165, 1.54) is 0 Å². The van der Waals surface area contributed by atoms with Gasteiger partial charge in [0.15, 0.2) is 9.84 Å². The van der Waals surface area contributed by atoms with Crippen molar-refractivity contribution in [2.75, 3.05) is 11.5 Å². The zero-order valence-corrected chi connectivity index (χ0v) is 14.8. The summed E-state index contributed by atoms with van der Waals surface area (Å²) in [6.07, 6.45) is 0.947. The molecule has 8 heteroatoms. The second-order valence-corrected chi connectivity index (χ2v) is 8.80. The Hall–Kier alpha value is -2.14. The monoisotopic (exact) mass is 351 g/mol. The third-order valence-electron chi connectivity index (χ3n) is 4.47. The Morgan fingerprint density at radius 1 is 1.42 bits per heavy atom. The van der Waals surface area contributed by atoms with Gasteiger partial charge in [-0.05, 0) is 44.7 Å². The van der Waals surface area contributed by atoms with Crippen LogP contribution in [0.4, 0.5) is 0 Å². The van der Waals surface area contributed by atoms with Crippen molar-refractivity contribution in [1.82, 2.24) is 10.3 Å². The molecule has 0 spiro atoms. The number of amides is 1. The largest absolute Gasteiger partial charge is 0.350 e. The lowest BCUT2D eigenvalue weighted by Crippen LogP contribution is -2.47. The van der Waals surface area contributed by atoms with E-state index in [1.54, 1.807) is 20.8 Å². The van der Waals surface area contributed by atoms with Crippen LogP contribution in [0.5, 0.6) is 0 Å². The number of sulfone groups is 1. The molecule has 1 aromatic heterocycles. The number of nitrogens with one attached hydrogen (secondary N) is 2. The van der Waals surface area contributed by atoms with Crippen molar-refractivity contribution in [3.05, 3.63) is 32.7 Å². The highest BCUT2D eigenvalue weighted by atomic mass is 32.2. The summed E-state index contributed by atoms with van der Waals surface area (Å²) >= 11 is 0. The molecule has 1 aliphatic heterocycles. The van der Waals surface area contributed by atoms with Crippen molar-refractivity contribution < 1.29 is 13.2 Å². The first-order chi connectivity index (χ1) is 11.1. The minimum Gasteiger partial charge on any atom is -0.350 e. The molecule has 1 amide bonds. The average molecular weight is 351 g/mol. The number of hydrogen-bond acceptors (Lipinski definition) is 5. The van der Waals surface area contributed by atoms with Crippen molar-refractivity contribution in [3.63, 3.8) is 0 Å². The Labute approximate surface area is 141 Å². The molecular weight excluding hydrogens is 330 g/mol. The first kappa shape index (κ1) is 18.2. The molecule has 1 saturated heterocycles. The maximum absolute atomic E-state index is 12.2. The molecule has 0 aromatic carbocycles. The fourth-order valence-corrected chi connectivity index (χ4v) is 5.26. The van der Waals surface area contributed by atoms with Crippen LogP contribution in [0, 0.1) is 25.2 Å². The number of hydrogen-bond donors (Lipinski definition) is 2. The zero-order valence-electron chi connectivity index (χ0n) is 14.0. The highest BCUT2D eigenvalue weighted by Gasteiger charge is 2.39. The maximum atomic E-state index is 12.2. The number of nitrogens with zero attached hydrogens (tertiary/aromatic N) is 1. The summed E-state index contributed by atoms with van der Waals surface area (Å²) in [5, 5.41) is 11.9. The fraction of sp³-hybridized carbons (Fsp3) is 0.562. The predicted molar refractivity (Wildman–Crippen MR) is 89.4 cm³/mol. The van der Waals surface area contributed by atoms with Crippen LogP contribution in [0.1, 0.15) is 42.1 Å². The van der Waals surface area contributed by atoms with Crippen molar-refractivity contribution in [3.8, 4) is 6.07 Å². The quantitative estimate of drug-likeness (QED) is 0.818. The van der Waals surface area contributed by atoms with Crippen LogP contribution >= 0.6 is 0 Å². The first-order valence-electron chi connectivity index (χ1n) is 7.71. The molecule has 2 N–H and O–H groups in total. The van der Waals surface area contributed by atoms with Crippen LogP contribution in [0.2, 0.25) is 0 Å². The smallest absolute Gasteiger partial charge is 0.266 e. The van der Waals surface area contributed by atoms with E-state index in [2.05, 4.69) is 10.3 Å². The summed E-state index contributed by atoms with van der Waals surface area (Å²) in [5.74, 6) is -0.188. The van der Waals surface area contributed by atoms with Gasteiger partial charge in [-0.25, -0.2) is 8.42 Å². The van der Waals surface area contributed by atoms with Crippen LogP contribution in [0.3, 0.4) is 0 Å². The molecule has 0 unspecified atom stereocenters. The highest BCUT2D eigenvalue weighted by Crippen LogP contribution is 2.23. The van der Waals surface area contributed by atoms with Gasteiger partial charge >= 0.3 is 0 Å². The van der Waals surface area contributed by atoms with Crippen LogP contribution in [0.25, 0.3) is 0 Å². The number of aromatic nitrogens is 1. The van der Waals surface area contributed by atoms with E-state index >= 15 is 0 Å². The summed E-state index contributed by atoms with van der Waals surface area (Å²) in [5.41, 5.74) is 0.905. The Morgan fingerprint density at radius 3 is 2.62 bits per heavy atom. The third-order valence-corrected chi connectivity index (χ3v) is 6.37. The molecule has 24 heavy (non-hydrogen) atoms. The topological polar surface area (TPSA) is 120 Å². The number of carbonyl (C=O) groups is 1. The Bertz CT molecular complexity index is 880. The van der Waals surface area contributed by atoms with Gasteiger partial charge in [0.05, 0.1) is 17.0 Å². The fourth-order valence-electron chi connectivity index (χ4n) is 3.17. The predicted octanol–water partition coefficient (Wildman–Crippen LogP) is 0.489. The Kier molecular flexibility index (Phi) is 4.85. The average Bonchev–Trinajstić information content (AvgIpc) is 2.72. The van der Waals surface area contributed by atoms with Gasteiger partial charge in [-0.1, -0.05) is 0 Å². The number of aromatic amines is 1. The number of rotatable bonds is 4. The summed E-state index contributed by atoms with van der Waals surface area (Å²) in [6, 6.07) is 1.88. The first-order valence-corrected chi connectivity index (χ1v) is 9.53. The van der Waals surface area contributed by atoms with E-state index in [0.717, 1.165) is 5.56 Å². The van der Waals surface area contributed by atoms with Crippen molar-refractivity contribution in [1.29, 1.82) is 5.26 Å². The van der Waals surface area contributed by atoms with Crippen LogP contribution in [-0.2, 0) is 21.1 Å². The molecule has 2 rings (SSSR count). The summed E-state index contributed by atoms with van der Waals surface area (Å²) in [7, 11) is -3.08. The highest BCUT2D eigenvalue weighted by molar-refractivity contribution is 7.91. The second kappa shape index (κ2) is 6.40. The molecule has 7 nitrogen and oxygen atoms in total. The summed E-state index contributed by atoms with van der Waals surface area (Å²) in [6.45, 7) is 5.16. The number of aryl methyl sites for hydroxylation is 1. The molecule has 130 valence electrons. The maximum Gasteiger partial charge on any atom is 0.266 e. The number of H-pyrrole nitrogens is 1. The summed E-state index contributed by atoms with van der Waals surface area (Å²) in [4.78, 5) is 26.5. The molecule has 0 radical (unpaired) electrons. The van der Waals surface area contributed by atoms with Crippen molar-refractivity contribution >= 4 is 15.7 Å². The van der Waals surface area contributed by atoms with Gasteiger partial charge in [0.25, 0.3) is 5.56 Å². The minimum atomic E-state index is -3.08. The Morgan fingerprint density at radius 2 is 2.08 bits per heavy atom. The standard InChI is InChI=1S/C16H21N3O4S/c1-10-12(11(2)18-15(21)13(10)8-17)4-5-14(20)19-16(3)6-7-24(22,23)9-16/h4-7,9H2,1-3H3,(H,18,21)(H,19,20)/t16-/m1/s1. The molecular formula is C16H21N3O4S. The molecule has 1 atom stereocenters. The number of pyridine rings is 1. The van der Waals surface area contributed by atoms with Gasteiger partial charge in [-0.3, -0.25) is 9.59 Å². The number of nitriles is 1.